The van der Waals surface area contributed by atoms with Crippen molar-refractivity contribution in [3.05, 3.63) is 12.8 Å². The molecule has 6 heteroatoms. The van der Waals surface area contributed by atoms with Crippen LogP contribution < -0.4 is 0 Å². The number of piperidine rings is 3. The number of hydrogen-bond donors (Lipinski definition) is 0. The number of carbonyl (C=O) groups excluding carboxylic acids is 2. The van der Waals surface area contributed by atoms with E-state index in [1.807, 2.05) is 71.6 Å². The van der Waals surface area contributed by atoms with Crippen molar-refractivity contribution in [1.29, 1.82) is 0 Å². The molecule has 0 aromatic rings. The Labute approximate surface area is 251 Å². The summed E-state index contributed by atoms with van der Waals surface area (Å²) in [5.74, 6) is 2.64. The fourth-order valence-electron chi connectivity index (χ4n) is 5.14. The standard InChI is InChI=1S/C10H20N2O.C9H17NO.C9H17N.3C2H6/c1-4-9-6-5-7-12(8-9)10(13)11(2)3;1-3-9-5-4-6-10(7-9)8(2)11;1-3-9-6-5-7-10(4-2)8-9;3*1-2/h9H,4-8H2,1-3H3;9H,3-7H2,1-2H3;4,9H,2-3,5-8H2,1H3;3*1-2H3. The normalized spacial score (nSPS) is 21.5. The number of amides is 3. The second kappa shape index (κ2) is 28.8. The Morgan fingerprint density at radius 3 is 1.45 bits per heavy atom. The molecule has 3 saturated heterocycles. The summed E-state index contributed by atoms with van der Waals surface area (Å²) in [6, 6.07) is 0.165. The molecule has 3 rings (SSSR count). The summed E-state index contributed by atoms with van der Waals surface area (Å²) >= 11 is 0. The zero-order valence-corrected chi connectivity index (χ0v) is 29.2. The van der Waals surface area contributed by atoms with E-state index in [9.17, 15) is 9.59 Å². The van der Waals surface area contributed by atoms with Crippen LogP contribution in [0.15, 0.2) is 12.8 Å². The minimum Gasteiger partial charge on any atom is -0.378 e. The van der Waals surface area contributed by atoms with E-state index in [-0.39, 0.29) is 11.9 Å². The number of nitrogens with zero attached hydrogens (tertiary/aromatic N) is 4. The second-order valence-corrected chi connectivity index (χ2v) is 10.5. The van der Waals surface area contributed by atoms with Gasteiger partial charge in [0.05, 0.1) is 0 Å². The van der Waals surface area contributed by atoms with Gasteiger partial charge in [-0.2, -0.15) is 0 Å². The Morgan fingerprint density at radius 2 is 1.07 bits per heavy atom. The highest BCUT2D eigenvalue weighted by Crippen LogP contribution is 2.20. The third-order valence-electron chi connectivity index (χ3n) is 7.68. The summed E-state index contributed by atoms with van der Waals surface area (Å²) in [6.45, 7) is 30.4. The van der Waals surface area contributed by atoms with Crippen LogP contribution in [-0.4, -0.2) is 84.9 Å². The largest absolute Gasteiger partial charge is 0.378 e. The van der Waals surface area contributed by atoms with Gasteiger partial charge in [-0.15, -0.1) is 0 Å². The van der Waals surface area contributed by atoms with Crippen LogP contribution in [0.5, 0.6) is 0 Å². The summed E-state index contributed by atoms with van der Waals surface area (Å²) in [7, 11) is 3.63. The average molecular weight is 569 g/mol. The molecule has 40 heavy (non-hydrogen) atoms. The molecule has 0 aromatic carbocycles. The van der Waals surface area contributed by atoms with Crippen LogP contribution in [0.1, 0.15) is 127 Å². The van der Waals surface area contributed by atoms with Crippen molar-refractivity contribution in [3.8, 4) is 0 Å². The molecule has 6 nitrogen and oxygen atoms in total. The van der Waals surface area contributed by atoms with Gasteiger partial charge in [0.15, 0.2) is 0 Å². The molecule has 0 aromatic heterocycles. The highest BCUT2D eigenvalue weighted by atomic mass is 16.2. The Morgan fingerprint density at radius 1 is 0.700 bits per heavy atom. The van der Waals surface area contributed by atoms with Gasteiger partial charge in [0.1, 0.15) is 0 Å². The smallest absolute Gasteiger partial charge is 0.319 e. The van der Waals surface area contributed by atoms with Gasteiger partial charge < -0.3 is 19.6 Å². The summed E-state index contributed by atoms with van der Waals surface area (Å²) in [4.78, 5) is 30.5. The van der Waals surface area contributed by atoms with Crippen LogP contribution in [-0.2, 0) is 4.79 Å². The molecule has 3 unspecified atom stereocenters. The molecule has 3 amide bonds. The molecule has 0 spiro atoms. The molecule has 240 valence electrons. The lowest BCUT2D eigenvalue weighted by atomic mass is 9.96. The van der Waals surface area contributed by atoms with Crippen molar-refractivity contribution in [2.24, 2.45) is 17.8 Å². The van der Waals surface area contributed by atoms with Gasteiger partial charge in [0.2, 0.25) is 5.91 Å². The maximum atomic E-state index is 11.6. The molecule has 3 fully saturated rings. The van der Waals surface area contributed by atoms with E-state index >= 15 is 0 Å². The van der Waals surface area contributed by atoms with E-state index in [0.29, 0.717) is 0 Å². The van der Waals surface area contributed by atoms with E-state index in [4.69, 9.17) is 0 Å². The fraction of sp³-hybridized carbons (Fsp3) is 0.882. The van der Waals surface area contributed by atoms with Crippen molar-refractivity contribution in [1.82, 2.24) is 19.6 Å². The molecule has 0 saturated carbocycles. The first kappa shape index (κ1) is 42.7. The van der Waals surface area contributed by atoms with E-state index in [2.05, 4.69) is 32.3 Å². The summed E-state index contributed by atoms with van der Waals surface area (Å²) < 4.78 is 0. The van der Waals surface area contributed by atoms with Gasteiger partial charge in [-0.3, -0.25) is 4.79 Å². The van der Waals surface area contributed by atoms with E-state index < -0.39 is 0 Å². The molecular weight excluding hydrogens is 496 g/mol. The van der Waals surface area contributed by atoms with Crippen LogP contribution in [0.4, 0.5) is 4.79 Å². The molecule has 3 aliphatic heterocycles. The Hall–Kier alpha value is -1.72. The maximum absolute atomic E-state index is 11.6. The first-order valence-corrected chi connectivity index (χ1v) is 16.8. The monoisotopic (exact) mass is 569 g/mol. The molecule has 0 radical (unpaired) electrons. The third kappa shape index (κ3) is 19.4. The van der Waals surface area contributed by atoms with Crippen LogP contribution in [0.3, 0.4) is 0 Å². The van der Waals surface area contributed by atoms with Crippen LogP contribution in [0.2, 0.25) is 0 Å². The fourth-order valence-corrected chi connectivity index (χ4v) is 5.14. The number of hydrogen-bond acceptors (Lipinski definition) is 3. The minimum atomic E-state index is 0.165. The van der Waals surface area contributed by atoms with Crippen molar-refractivity contribution in [3.63, 3.8) is 0 Å². The molecule has 0 aliphatic carbocycles. The van der Waals surface area contributed by atoms with Gasteiger partial charge in [-0.25, -0.2) is 4.79 Å². The zero-order chi connectivity index (χ0) is 31.5. The van der Waals surface area contributed by atoms with E-state index in [0.717, 1.165) is 50.4 Å². The lowest BCUT2D eigenvalue weighted by molar-refractivity contribution is -0.130. The molecule has 0 bridgehead atoms. The van der Waals surface area contributed by atoms with Gasteiger partial charge in [0, 0.05) is 60.3 Å². The van der Waals surface area contributed by atoms with Gasteiger partial charge >= 0.3 is 6.03 Å². The predicted molar refractivity (Wildman–Crippen MR) is 178 cm³/mol. The van der Waals surface area contributed by atoms with Crippen LogP contribution in [0, 0.1) is 17.8 Å². The number of rotatable bonds is 4. The third-order valence-corrected chi connectivity index (χ3v) is 7.68. The van der Waals surface area contributed by atoms with Crippen molar-refractivity contribution >= 4 is 11.9 Å². The Kier molecular flexibility index (Phi) is 30.8. The molecule has 0 N–H and O–H groups in total. The van der Waals surface area contributed by atoms with Gasteiger partial charge in [-0.05, 0) is 62.5 Å². The molecule has 3 heterocycles. The number of carbonyl (C=O) groups is 2. The maximum Gasteiger partial charge on any atom is 0.319 e. The number of likely N-dealkylation sites (tertiary alicyclic amines) is 3. The molecular formula is C34H72N4O2. The van der Waals surface area contributed by atoms with Crippen LogP contribution in [0.25, 0.3) is 0 Å². The van der Waals surface area contributed by atoms with Gasteiger partial charge in [0.25, 0.3) is 0 Å². The first-order valence-electron chi connectivity index (χ1n) is 16.8. The van der Waals surface area contributed by atoms with Gasteiger partial charge in [-0.1, -0.05) is 88.2 Å². The van der Waals surface area contributed by atoms with E-state index in [1.165, 1.54) is 64.5 Å². The zero-order valence-electron chi connectivity index (χ0n) is 29.2. The molecule has 3 atom stereocenters. The summed E-state index contributed by atoms with van der Waals surface area (Å²) in [5.41, 5.74) is 0. The number of urea groups is 1. The summed E-state index contributed by atoms with van der Waals surface area (Å²) in [6.07, 6.45) is 13.4. The Balaban J connectivity index is -0.000000471. The van der Waals surface area contributed by atoms with Crippen molar-refractivity contribution < 1.29 is 9.59 Å². The summed E-state index contributed by atoms with van der Waals surface area (Å²) in [5, 5.41) is 0. The predicted octanol–water partition coefficient (Wildman–Crippen LogP) is 8.78. The quantitative estimate of drug-likeness (QED) is 0.340. The first-order chi connectivity index (χ1) is 19.2. The average Bonchev–Trinajstić information content (AvgIpc) is 3.04. The van der Waals surface area contributed by atoms with E-state index in [1.54, 1.807) is 11.8 Å². The topological polar surface area (TPSA) is 47.1 Å². The minimum absolute atomic E-state index is 0.165. The SMILES string of the molecule is C=CN1CCCC(CC)C1.CC.CC.CC.CCC1CCCN(C(=O)N(C)C)C1.CCC1CCCN(C(C)=O)C1. The Bertz CT molecular complexity index is 596. The lowest BCUT2D eigenvalue weighted by Crippen LogP contribution is -2.44. The van der Waals surface area contributed by atoms with Crippen LogP contribution >= 0.6 is 0 Å². The van der Waals surface area contributed by atoms with Crippen molar-refractivity contribution in [2.75, 3.05) is 53.4 Å². The van der Waals surface area contributed by atoms with Crippen molar-refractivity contribution in [2.45, 2.75) is 127 Å². The second-order valence-electron chi connectivity index (χ2n) is 10.5. The lowest BCUT2D eigenvalue weighted by Gasteiger charge is -2.33. The molecule has 3 aliphatic rings. The highest BCUT2D eigenvalue weighted by molar-refractivity contribution is 5.74. The highest BCUT2D eigenvalue weighted by Gasteiger charge is 2.23.